The molecule has 5 nitrogen and oxygen atoms in total. The molecule has 0 aromatic heterocycles. The summed E-state index contributed by atoms with van der Waals surface area (Å²) in [5.74, 6) is -0.498. The van der Waals surface area contributed by atoms with Crippen LogP contribution in [0.25, 0.3) is 0 Å². The average Bonchev–Trinajstić information content (AvgIpc) is 2.46. The molecule has 0 aliphatic rings. The second-order valence-corrected chi connectivity index (χ2v) is 3.22. The summed E-state index contributed by atoms with van der Waals surface area (Å²) >= 11 is 0. The van der Waals surface area contributed by atoms with E-state index in [4.69, 9.17) is 4.74 Å². The lowest BCUT2D eigenvalue weighted by Gasteiger charge is -2.06. The highest BCUT2D eigenvalue weighted by molar-refractivity contribution is 5.77. The summed E-state index contributed by atoms with van der Waals surface area (Å²) < 4.78 is 9.54. The van der Waals surface area contributed by atoms with Crippen molar-refractivity contribution in [1.82, 2.24) is 5.32 Å². The maximum absolute atomic E-state index is 11.2. The van der Waals surface area contributed by atoms with Crippen molar-refractivity contribution in [2.75, 3.05) is 13.2 Å². The van der Waals surface area contributed by atoms with E-state index < -0.39 is 12.1 Å². The van der Waals surface area contributed by atoms with Gasteiger partial charge in [-0.2, -0.15) is 0 Å². The van der Waals surface area contributed by atoms with Gasteiger partial charge in [0, 0.05) is 0 Å². The van der Waals surface area contributed by atoms with Gasteiger partial charge in [0.1, 0.15) is 13.2 Å². The summed E-state index contributed by atoms with van der Waals surface area (Å²) in [7, 11) is 0. The van der Waals surface area contributed by atoms with E-state index in [-0.39, 0.29) is 19.8 Å². The third-order valence-electron chi connectivity index (χ3n) is 1.90. The molecule has 0 unspecified atom stereocenters. The van der Waals surface area contributed by atoms with Crippen LogP contribution in [0.5, 0.6) is 0 Å². The minimum atomic E-state index is -0.621. The first kappa shape index (κ1) is 17.0. The Balaban J connectivity index is 0.00000154. The fourth-order valence-electron chi connectivity index (χ4n) is 1.12. The van der Waals surface area contributed by atoms with Crippen LogP contribution in [0.4, 0.5) is 4.79 Å². The van der Waals surface area contributed by atoms with E-state index in [1.54, 1.807) is 6.92 Å². The molecule has 1 amide bonds. The van der Waals surface area contributed by atoms with Gasteiger partial charge in [0.25, 0.3) is 0 Å². The van der Waals surface area contributed by atoms with E-state index in [0.29, 0.717) is 0 Å². The predicted molar refractivity (Wildman–Crippen MR) is 72.6 cm³/mol. The second kappa shape index (κ2) is 11.1. The third-order valence-corrected chi connectivity index (χ3v) is 1.90. The van der Waals surface area contributed by atoms with Gasteiger partial charge in [-0.15, -0.1) is 0 Å². The zero-order valence-electron chi connectivity index (χ0n) is 11.6. The van der Waals surface area contributed by atoms with Gasteiger partial charge in [-0.1, -0.05) is 44.2 Å². The Labute approximate surface area is 113 Å². The van der Waals surface area contributed by atoms with Crippen LogP contribution in [-0.2, 0) is 20.9 Å². The number of benzene rings is 1. The first-order chi connectivity index (χ1) is 9.22. The van der Waals surface area contributed by atoms with Crippen molar-refractivity contribution in [2.24, 2.45) is 0 Å². The molecule has 0 bridgehead atoms. The first-order valence-electron chi connectivity index (χ1n) is 6.32. The number of carbonyl (C=O) groups is 2. The smallest absolute Gasteiger partial charge is 0.407 e. The summed E-state index contributed by atoms with van der Waals surface area (Å²) in [6.45, 7) is 5.97. The largest absolute Gasteiger partial charge is 0.460 e. The summed E-state index contributed by atoms with van der Waals surface area (Å²) in [6, 6.07) is 9.31. The highest BCUT2D eigenvalue weighted by atomic mass is 16.6. The Morgan fingerprint density at radius 3 is 2.32 bits per heavy atom. The lowest BCUT2D eigenvalue weighted by Crippen LogP contribution is -2.31. The van der Waals surface area contributed by atoms with Gasteiger partial charge in [-0.25, -0.2) is 4.79 Å². The van der Waals surface area contributed by atoms with Crippen molar-refractivity contribution in [3.63, 3.8) is 0 Å². The Morgan fingerprint density at radius 2 is 1.74 bits per heavy atom. The lowest BCUT2D eigenvalue weighted by atomic mass is 10.2. The molecule has 19 heavy (non-hydrogen) atoms. The molecular formula is C14H21NO4. The molecule has 0 saturated carbocycles. The Hall–Kier alpha value is -2.04. The molecule has 0 aliphatic carbocycles. The van der Waals surface area contributed by atoms with Crippen LogP contribution in [0.1, 0.15) is 26.3 Å². The summed E-state index contributed by atoms with van der Waals surface area (Å²) in [6.07, 6.45) is -0.621. The Morgan fingerprint density at radius 1 is 1.11 bits per heavy atom. The number of amides is 1. The lowest BCUT2D eigenvalue weighted by molar-refractivity contribution is -0.143. The molecule has 0 atom stereocenters. The molecule has 0 heterocycles. The quantitative estimate of drug-likeness (QED) is 0.832. The molecule has 1 N–H and O–H groups in total. The topological polar surface area (TPSA) is 64.6 Å². The number of alkyl carbamates (subject to hydrolysis) is 1. The molecule has 5 heteroatoms. The van der Waals surface area contributed by atoms with Crippen molar-refractivity contribution < 1.29 is 19.1 Å². The maximum Gasteiger partial charge on any atom is 0.407 e. The zero-order chi connectivity index (χ0) is 14.5. The number of ether oxygens (including phenoxy) is 2. The van der Waals surface area contributed by atoms with E-state index in [0.717, 1.165) is 5.56 Å². The SMILES string of the molecule is CC.CCOC(=O)NCC(=O)OCc1ccccc1. The molecule has 0 fully saturated rings. The van der Waals surface area contributed by atoms with Crippen molar-refractivity contribution in [3.05, 3.63) is 35.9 Å². The van der Waals surface area contributed by atoms with Gasteiger partial charge in [-0.3, -0.25) is 4.79 Å². The van der Waals surface area contributed by atoms with E-state index in [9.17, 15) is 9.59 Å². The molecule has 106 valence electrons. The minimum Gasteiger partial charge on any atom is -0.460 e. The summed E-state index contributed by atoms with van der Waals surface area (Å²) in [4.78, 5) is 22.1. The van der Waals surface area contributed by atoms with Crippen LogP contribution in [0, 0.1) is 0 Å². The molecule has 0 saturated heterocycles. The normalized spacial score (nSPS) is 8.79. The number of nitrogens with one attached hydrogen (secondary N) is 1. The zero-order valence-corrected chi connectivity index (χ0v) is 11.6. The van der Waals surface area contributed by atoms with Crippen LogP contribution < -0.4 is 5.32 Å². The van der Waals surface area contributed by atoms with Crippen LogP contribution in [0.3, 0.4) is 0 Å². The monoisotopic (exact) mass is 267 g/mol. The number of esters is 1. The van der Waals surface area contributed by atoms with E-state index in [1.807, 2.05) is 44.2 Å². The number of carbonyl (C=O) groups excluding carboxylic acids is 2. The minimum absolute atomic E-state index is 0.189. The van der Waals surface area contributed by atoms with E-state index in [2.05, 4.69) is 10.1 Å². The van der Waals surface area contributed by atoms with Crippen molar-refractivity contribution >= 4 is 12.1 Å². The fraction of sp³-hybridized carbons (Fsp3) is 0.429. The Kier molecular flexibility index (Phi) is 9.88. The summed E-state index contributed by atoms with van der Waals surface area (Å²) in [5, 5.41) is 2.28. The number of hydrogen-bond acceptors (Lipinski definition) is 4. The molecule has 1 aromatic rings. The molecule has 1 aromatic carbocycles. The van der Waals surface area contributed by atoms with Gasteiger partial charge >= 0.3 is 12.1 Å². The van der Waals surface area contributed by atoms with Crippen LogP contribution in [-0.4, -0.2) is 25.2 Å². The first-order valence-corrected chi connectivity index (χ1v) is 6.32. The standard InChI is InChI=1S/C12H15NO4.C2H6/c1-2-16-12(15)13-8-11(14)17-9-10-6-4-3-5-7-10;1-2/h3-7H,2,8-9H2,1H3,(H,13,15);1-2H3. The van der Waals surface area contributed by atoms with Gasteiger partial charge < -0.3 is 14.8 Å². The predicted octanol–water partition coefficient (Wildman–Crippen LogP) is 2.50. The van der Waals surface area contributed by atoms with Crippen molar-refractivity contribution in [1.29, 1.82) is 0 Å². The molecule has 1 rings (SSSR count). The van der Waals surface area contributed by atoms with Gasteiger partial charge in [0.05, 0.1) is 6.61 Å². The third kappa shape index (κ3) is 8.65. The van der Waals surface area contributed by atoms with Crippen molar-refractivity contribution in [2.45, 2.75) is 27.4 Å². The van der Waals surface area contributed by atoms with Gasteiger partial charge in [0.15, 0.2) is 0 Å². The highest BCUT2D eigenvalue weighted by Crippen LogP contribution is 2.00. The molecular weight excluding hydrogens is 246 g/mol. The van der Waals surface area contributed by atoms with Crippen molar-refractivity contribution in [3.8, 4) is 0 Å². The van der Waals surface area contributed by atoms with Gasteiger partial charge in [0.2, 0.25) is 0 Å². The number of rotatable bonds is 5. The van der Waals surface area contributed by atoms with E-state index >= 15 is 0 Å². The van der Waals surface area contributed by atoms with Crippen LogP contribution in [0.2, 0.25) is 0 Å². The highest BCUT2D eigenvalue weighted by Gasteiger charge is 2.06. The maximum atomic E-state index is 11.2. The Bertz CT molecular complexity index is 365. The average molecular weight is 267 g/mol. The number of hydrogen-bond donors (Lipinski definition) is 1. The fourth-order valence-corrected chi connectivity index (χ4v) is 1.12. The molecule has 0 spiro atoms. The van der Waals surface area contributed by atoms with E-state index in [1.165, 1.54) is 0 Å². The summed E-state index contributed by atoms with van der Waals surface area (Å²) in [5.41, 5.74) is 0.900. The van der Waals surface area contributed by atoms with Crippen LogP contribution >= 0.6 is 0 Å². The molecule has 0 radical (unpaired) electrons. The molecule has 0 aliphatic heterocycles. The van der Waals surface area contributed by atoms with Gasteiger partial charge in [-0.05, 0) is 12.5 Å². The van der Waals surface area contributed by atoms with Crippen LogP contribution in [0.15, 0.2) is 30.3 Å². The second-order valence-electron chi connectivity index (χ2n) is 3.22.